The van der Waals surface area contributed by atoms with Gasteiger partial charge in [-0.3, -0.25) is 0 Å². The Labute approximate surface area is 163 Å². The molecule has 0 fully saturated rings. The second-order valence-corrected chi connectivity index (χ2v) is 7.53. The average Bonchev–Trinajstić information content (AvgIpc) is 2.62. The smallest absolute Gasteiger partial charge is 0.327 e. The standard InChI is InChI=1S/C24H44O2/c1-2-3-4-5-6-7-8-9-10-11-12-13-14-15-16-17-18-19-20-21-22-23-24(25)26/h9-10,22-23H,2-8,11-21H2,1H3,(H,25,26)/b10-9?,23-22-. The highest BCUT2D eigenvalue weighted by molar-refractivity contribution is 5.79. The Balaban J connectivity index is 3.10. The predicted molar refractivity (Wildman–Crippen MR) is 115 cm³/mol. The summed E-state index contributed by atoms with van der Waals surface area (Å²) in [7, 11) is 0. The maximum atomic E-state index is 10.3. The number of rotatable bonds is 20. The SMILES string of the molecule is CCCCCCCCC=CCCCCCCCCCCC/C=C\C(=O)O. The molecule has 0 aliphatic rings. The van der Waals surface area contributed by atoms with Crippen molar-refractivity contribution in [2.24, 2.45) is 0 Å². The number of hydrogen-bond donors (Lipinski definition) is 1. The maximum absolute atomic E-state index is 10.3. The summed E-state index contributed by atoms with van der Waals surface area (Å²) in [5.74, 6) is -0.835. The van der Waals surface area contributed by atoms with E-state index in [1.54, 1.807) is 6.08 Å². The van der Waals surface area contributed by atoms with Gasteiger partial charge in [0.1, 0.15) is 0 Å². The van der Waals surface area contributed by atoms with Crippen LogP contribution < -0.4 is 0 Å². The molecule has 0 spiro atoms. The summed E-state index contributed by atoms with van der Waals surface area (Å²) < 4.78 is 0. The van der Waals surface area contributed by atoms with Crippen molar-refractivity contribution in [2.45, 2.75) is 122 Å². The van der Waals surface area contributed by atoms with E-state index in [4.69, 9.17) is 5.11 Å². The molecule has 0 saturated carbocycles. The molecule has 26 heavy (non-hydrogen) atoms. The van der Waals surface area contributed by atoms with Gasteiger partial charge in [-0.1, -0.05) is 102 Å². The van der Waals surface area contributed by atoms with Crippen molar-refractivity contribution in [1.29, 1.82) is 0 Å². The number of allylic oxidation sites excluding steroid dienone is 3. The molecule has 0 amide bonds. The van der Waals surface area contributed by atoms with Crippen LogP contribution in [-0.4, -0.2) is 11.1 Å². The first-order valence-corrected chi connectivity index (χ1v) is 11.3. The van der Waals surface area contributed by atoms with Crippen molar-refractivity contribution in [2.75, 3.05) is 0 Å². The highest BCUT2D eigenvalue weighted by Crippen LogP contribution is 2.12. The van der Waals surface area contributed by atoms with E-state index in [2.05, 4.69) is 19.1 Å². The molecule has 0 unspecified atom stereocenters. The molecule has 152 valence electrons. The van der Waals surface area contributed by atoms with Gasteiger partial charge in [-0.05, 0) is 38.5 Å². The molecule has 2 nitrogen and oxygen atoms in total. The fraction of sp³-hybridized carbons (Fsp3) is 0.792. The van der Waals surface area contributed by atoms with Crippen LogP contribution in [-0.2, 0) is 4.79 Å². The first-order chi connectivity index (χ1) is 12.8. The summed E-state index contributed by atoms with van der Waals surface area (Å²) in [5, 5.41) is 8.48. The zero-order valence-electron chi connectivity index (χ0n) is 17.4. The van der Waals surface area contributed by atoms with E-state index in [0.29, 0.717) is 0 Å². The van der Waals surface area contributed by atoms with Gasteiger partial charge in [0.25, 0.3) is 0 Å². The van der Waals surface area contributed by atoms with E-state index in [1.165, 1.54) is 109 Å². The molecular weight excluding hydrogens is 320 g/mol. The molecule has 0 aromatic rings. The molecular formula is C24H44O2. The van der Waals surface area contributed by atoms with E-state index in [0.717, 1.165) is 12.8 Å². The molecule has 0 heterocycles. The average molecular weight is 365 g/mol. The van der Waals surface area contributed by atoms with E-state index >= 15 is 0 Å². The van der Waals surface area contributed by atoms with Gasteiger partial charge in [0.05, 0.1) is 0 Å². The Morgan fingerprint density at radius 2 is 0.923 bits per heavy atom. The third kappa shape index (κ3) is 22.9. The zero-order chi connectivity index (χ0) is 19.1. The van der Waals surface area contributed by atoms with E-state index in [1.807, 2.05) is 0 Å². The zero-order valence-corrected chi connectivity index (χ0v) is 17.4. The summed E-state index contributed by atoms with van der Waals surface area (Å²) in [6, 6.07) is 0. The van der Waals surface area contributed by atoms with Crippen LogP contribution in [0.3, 0.4) is 0 Å². The third-order valence-corrected chi connectivity index (χ3v) is 4.89. The summed E-state index contributed by atoms with van der Waals surface area (Å²) in [6.45, 7) is 2.27. The molecule has 0 saturated heterocycles. The quantitative estimate of drug-likeness (QED) is 0.134. The molecule has 0 rings (SSSR count). The number of aliphatic carboxylic acids is 1. The molecule has 0 aromatic carbocycles. The fourth-order valence-corrected chi connectivity index (χ4v) is 3.22. The van der Waals surface area contributed by atoms with Gasteiger partial charge in [0.15, 0.2) is 0 Å². The minimum Gasteiger partial charge on any atom is -0.478 e. The van der Waals surface area contributed by atoms with Crippen LogP contribution in [0.4, 0.5) is 0 Å². The highest BCUT2D eigenvalue weighted by Gasteiger charge is 1.93. The number of carbonyl (C=O) groups is 1. The van der Waals surface area contributed by atoms with Crippen LogP contribution >= 0.6 is 0 Å². The Kier molecular flexibility index (Phi) is 21.1. The monoisotopic (exact) mass is 364 g/mol. The van der Waals surface area contributed by atoms with Gasteiger partial charge in [0.2, 0.25) is 0 Å². The van der Waals surface area contributed by atoms with Gasteiger partial charge in [-0.2, -0.15) is 0 Å². The minimum atomic E-state index is -0.835. The van der Waals surface area contributed by atoms with Crippen molar-refractivity contribution >= 4 is 5.97 Å². The molecule has 0 atom stereocenters. The van der Waals surface area contributed by atoms with Crippen LogP contribution in [0.25, 0.3) is 0 Å². The Bertz CT molecular complexity index is 344. The van der Waals surface area contributed by atoms with Crippen molar-refractivity contribution in [3.8, 4) is 0 Å². The minimum absolute atomic E-state index is 0.835. The van der Waals surface area contributed by atoms with Gasteiger partial charge in [-0.15, -0.1) is 0 Å². The largest absolute Gasteiger partial charge is 0.478 e. The first-order valence-electron chi connectivity index (χ1n) is 11.3. The summed E-state index contributed by atoms with van der Waals surface area (Å²) in [4.78, 5) is 10.3. The highest BCUT2D eigenvalue weighted by atomic mass is 16.4. The molecule has 0 aliphatic carbocycles. The summed E-state index contributed by atoms with van der Waals surface area (Å²) in [6.07, 6.45) is 31.4. The lowest BCUT2D eigenvalue weighted by atomic mass is 10.1. The van der Waals surface area contributed by atoms with Gasteiger partial charge >= 0.3 is 5.97 Å². The fourth-order valence-electron chi connectivity index (χ4n) is 3.22. The van der Waals surface area contributed by atoms with E-state index in [-0.39, 0.29) is 0 Å². The van der Waals surface area contributed by atoms with Crippen LogP contribution in [0, 0.1) is 0 Å². The Hall–Kier alpha value is -1.05. The van der Waals surface area contributed by atoms with E-state index in [9.17, 15) is 4.79 Å². The van der Waals surface area contributed by atoms with Crippen molar-refractivity contribution in [3.05, 3.63) is 24.3 Å². The Morgan fingerprint density at radius 3 is 1.31 bits per heavy atom. The van der Waals surface area contributed by atoms with Crippen LogP contribution in [0.5, 0.6) is 0 Å². The molecule has 1 N–H and O–H groups in total. The molecule has 0 aromatic heterocycles. The summed E-state index contributed by atoms with van der Waals surface area (Å²) >= 11 is 0. The Morgan fingerprint density at radius 1 is 0.577 bits per heavy atom. The van der Waals surface area contributed by atoms with Gasteiger partial charge < -0.3 is 5.11 Å². The van der Waals surface area contributed by atoms with Crippen molar-refractivity contribution in [1.82, 2.24) is 0 Å². The van der Waals surface area contributed by atoms with Crippen molar-refractivity contribution < 1.29 is 9.90 Å². The molecule has 0 bridgehead atoms. The third-order valence-electron chi connectivity index (χ3n) is 4.89. The lowest BCUT2D eigenvalue weighted by Crippen LogP contribution is -1.85. The number of carboxylic acids is 1. The molecule has 0 radical (unpaired) electrons. The second kappa shape index (κ2) is 22.0. The molecule has 2 heteroatoms. The lowest BCUT2D eigenvalue weighted by molar-refractivity contribution is -0.131. The molecule has 0 aliphatic heterocycles. The van der Waals surface area contributed by atoms with Crippen LogP contribution in [0.1, 0.15) is 122 Å². The van der Waals surface area contributed by atoms with E-state index < -0.39 is 5.97 Å². The maximum Gasteiger partial charge on any atom is 0.327 e. The normalized spacial score (nSPS) is 11.7. The van der Waals surface area contributed by atoms with Crippen LogP contribution in [0.2, 0.25) is 0 Å². The van der Waals surface area contributed by atoms with Gasteiger partial charge in [-0.25, -0.2) is 4.79 Å². The second-order valence-electron chi connectivity index (χ2n) is 7.53. The summed E-state index contributed by atoms with van der Waals surface area (Å²) in [5.41, 5.74) is 0. The first kappa shape index (κ1) is 24.9. The number of unbranched alkanes of at least 4 members (excludes halogenated alkanes) is 16. The lowest BCUT2D eigenvalue weighted by Gasteiger charge is -2.01. The van der Waals surface area contributed by atoms with Gasteiger partial charge in [0, 0.05) is 6.08 Å². The predicted octanol–water partition coefficient (Wildman–Crippen LogP) is 8.23. The van der Waals surface area contributed by atoms with Crippen LogP contribution in [0.15, 0.2) is 24.3 Å². The number of carboxylic acid groups (broad SMARTS) is 1. The topological polar surface area (TPSA) is 37.3 Å². The van der Waals surface area contributed by atoms with Crippen molar-refractivity contribution in [3.63, 3.8) is 0 Å². The number of hydrogen-bond acceptors (Lipinski definition) is 1.